The van der Waals surface area contributed by atoms with Crippen LogP contribution in [0.15, 0.2) is 47.7 Å². The van der Waals surface area contributed by atoms with Gasteiger partial charge in [0.25, 0.3) is 0 Å². The first kappa shape index (κ1) is 20.4. The van der Waals surface area contributed by atoms with Gasteiger partial charge in [-0.3, -0.25) is 4.57 Å². The van der Waals surface area contributed by atoms with Crippen molar-refractivity contribution in [1.29, 1.82) is 0 Å². The fraction of sp³-hybridized carbons (Fsp3) is 0.400. The first-order valence-electron chi connectivity index (χ1n) is 11.6. The number of aromatic amines is 1. The summed E-state index contributed by atoms with van der Waals surface area (Å²) in [7, 11) is 1.70. The van der Waals surface area contributed by atoms with E-state index < -0.39 is 0 Å². The summed E-state index contributed by atoms with van der Waals surface area (Å²) in [5.41, 5.74) is 5.32. The number of aromatic nitrogens is 5. The largest absolute Gasteiger partial charge is 0.379 e. The first-order chi connectivity index (χ1) is 16.2. The number of allylic oxidation sites excluding steroid dienone is 2. The number of H-pyrrole nitrogens is 1. The van der Waals surface area contributed by atoms with Crippen LogP contribution in [0.3, 0.4) is 0 Å². The van der Waals surface area contributed by atoms with Crippen LogP contribution in [0, 0.1) is 5.92 Å². The lowest BCUT2D eigenvalue weighted by Crippen LogP contribution is -2.31. The summed E-state index contributed by atoms with van der Waals surface area (Å²) in [6.45, 7) is 1.68. The van der Waals surface area contributed by atoms with Gasteiger partial charge in [0.2, 0.25) is 0 Å². The van der Waals surface area contributed by atoms with Crippen LogP contribution in [-0.4, -0.2) is 50.5 Å². The van der Waals surface area contributed by atoms with E-state index in [4.69, 9.17) is 14.5 Å². The second-order valence-corrected chi connectivity index (χ2v) is 8.95. The summed E-state index contributed by atoms with van der Waals surface area (Å²) in [5.74, 6) is 0.119. The number of hydrogen-bond acceptors (Lipinski definition) is 5. The van der Waals surface area contributed by atoms with Crippen molar-refractivity contribution in [3.05, 3.63) is 53.3 Å². The van der Waals surface area contributed by atoms with Crippen molar-refractivity contribution in [1.82, 2.24) is 24.1 Å². The molecular weight excluding hydrogens is 418 g/mol. The summed E-state index contributed by atoms with van der Waals surface area (Å²) >= 11 is 0. The fourth-order valence-corrected chi connectivity index (χ4v) is 5.09. The highest BCUT2D eigenvalue weighted by atomic mass is 16.5. The molecule has 4 aromatic rings. The molecule has 2 atom stereocenters. The molecule has 8 nitrogen and oxygen atoms in total. The van der Waals surface area contributed by atoms with Crippen molar-refractivity contribution >= 4 is 27.9 Å². The Bertz CT molecular complexity index is 1410. The number of methoxy groups -OCH3 is 1. The van der Waals surface area contributed by atoms with E-state index in [9.17, 15) is 4.79 Å². The topological polar surface area (TPSA) is 87.0 Å². The Morgan fingerprint density at radius 3 is 2.91 bits per heavy atom. The van der Waals surface area contributed by atoms with Gasteiger partial charge in [0, 0.05) is 60.4 Å². The van der Waals surface area contributed by atoms with E-state index in [0.29, 0.717) is 25.4 Å². The Labute approximate surface area is 190 Å². The average Bonchev–Trinajstić information content (AvgIpc) is 3.57. The predicted molar refractivity (Wildman–Crippen MR) is 127 cm³/mol. The Morgan fingerprint density at radius 1 is 1.18 bits per heavy atom. The minimum absolute atomic E-state index is 0.0134. The highest BCUT2D eigenvalue weighted by Crippen LogP contribution is 2.29. The Morgan fingerprint density at radius 2 is 2.06 bits per heavy atom. The molecule has 0 bridgehead atoms. The normalized spacial score (nSPS) is 21.2. The zero-order chi connectivity index (χ0) is 22.4. The van der Waals surface area contributed by atoms with E-state index in [2.05, 4.69) is 28.2 Å². The quantitative estimate of drug-likeness (QED) is 0.505. The smallest absolute Gasteiger partial charge is 0.334 e. The number of fused-ring (bicyclic) bond motifs is 2. The van der Waals surface area contributed by atoms with E-state index in [1.165, 1.54) is 0 Å². The lowest BCUT2D eigenvalue weighted by atomic mass is 10.0. The molecule has 4 aromatic heterocycles. The lowest BCUT2D eigenvalue weighted by Gasteiger charge is -2.16. The molecule has 5 heterocycles. The SMILES string of the molecule is CO[C@H]1COC[C@@H]1Cn1c(=O)n(C2=CCCCC2)c2ncc(-c3cnc4[nH]ccc4c3)cc21. The van der Waals surface area contributed by atoms with Gasteiger partial charge in [0.15, 0.2) is 5.65 Å². The number of nitrogens with one attached hydrogen (secondary N) is 1. The molecule has 0 aromatic carbocycles. The van der Waals surface area contributed by atoms with Crippen LogP contribution < -0.4 is 5.69 Å². The first-order valence-corrected chi connectivity index (χ1v) is 11.6. The van der Waals surface area contributed by atoms with E-state index >= 15 is 0 Å². The van der Waals surface area contributed by atoms with Gasteiger partial charge in [-0.15, -0.1) is 0 Å². The Balaban J connectivity index is 1.51. The minimum Gasteiger partial charge on any atom is -0.379 e. The highest BCUT2D eigenvalue weighted by Gasteiger charge is 2.30. The molecule has 1 saturated heterocycles. The molecule has 33 heavy (non-hydrogen) atoms. The number of pyridine rings is 2. The zero-order valence-corrected chi connectivity index (χ0v) is 18.7. The maximum atomic E-state index is 13.7. The standard InChI is InChI=1S/C25H27N5O3/c1-32-22-15-33-14-19(22)13-29-21-10-18(17-9-16-7-8-26-23(16)27-11-17)12-28-24(21)30(25(29)31)20-5-3-2-4-6-20/h5,7-12,19,22H,2-4,6,13-15H2,1H3,(H,26,27)/t19-,22-/m0/s1. The molecule has 1 fully saturated rings. The van der Waals surface area contributed by atoms with Gasteiger partial charge in [-0.25, -0.2) is 19.3 Å². The van der Waals surface area contributed by atoms with Gasteiger partial charge in [0.1, 0.15) is 5.65 Å². The van der Waals surface area contributed by atoms with Crippen molar-refractivity contribution in [2.45, 2.75) is 38.3 Å². The fourth-order valence-electron chi connectivity index (χ4n) is 5.09. The van der Waals surface area contributed by atoms with Crippen LogP contribution in [0.25, 0.3) is 39.0 Å². The minimum atomic E-state index is -0.0382. The molecule has 1 N–H and O–H groups in total. The van der Waals surface area contributed by atoms with Crippen LogP contribution in [0.2, 0.25) is 0 Å². The second-order valence-electron chi connectivity index (χ2n) is 8.95. The third-order valence-corrected chi connectivity index (χ3v) is 6.92. The van der Waals surface area contributed by atoms with Gasteiger partial charge in [-0.1, -0.05) is 6.08 Å². The number of hydrogen-bond donors (Lipinski definition) is 1. The molecule has 6 rings (SSSR count). The summed E-state index contributed by atoms with van der Waals surface area (Å²) in [6.07, 6.45) is 11.9. The molecule has 0 spiro atoms. The van der Waals surface area contributed by atoms with Crippen molar-refractivity contribution in [3.63, 3.8) is 0 Å². The molecule has 8 heteroatoms. The Hall–Kier alpha value is -3.23. The predicted octanol–water partition coefficient (Wildman–Crippen LogP) is 3.82. The van der Waals surface area contributed by atoms with Crippen LogP contribution >= 0.6 is 0 Å². The summed E-state index contributed by atoms with van der Waals surface area (Å²) in [6, 6.07) is 6.16. The molecule has 170 valence electrons. The third-order valence-electron chi connectivity index (χ3n) is 6.92. The molecule has 0 amide bonds. The van der Waals surface area contributed by atoms with E-state index in [-0.39, 0.29) is 17.7 Å². The monoisotopic (exact) mass is 445 g/mol. The van der Waals surface area contributed by atoms with Crippen LogP contribution in [0.1, 0.15) is 25.7 Å². The van der Waals surface area contributed by atoms with E-state index in [1.54, 1.807) is 7.11 Å². The van der Waals surface area contributed by atoms with Gasteiger partial charge in [-0.05, 0) is 43.9 Å². The summed E-state index contributed by atoms with van der Waals surface area (Å²) in [5, 5.41) is 1.04. The summed E-state index contributed by atoms with van der Waals surface area (Å²) in [4.78, 5) is 26.2. The van der Waals surface area contributed by atoms with Crippen molar-refractivity contribution in [3.8, 4) is 11.1 Å². The molecule has 1 aliphatic carbocycles. The van der Waals surface area contributed by atoms with Gasteiger partial charge in [-0.2, -0.15) is 0 Å². The van der Waals surface area contributed by atoms with E-state index in [0.717, 1.165) is 59.1 Å². The van der Waals surface area contributed by atoms with Crippen molar-refractivity contribution in [2.24, 2.45) is 5.92 Å². The number of imidazole rings is 1. The van der Waals surface area contributed by atoms with Gasteiger partial charge < -0.3 is 14.5 Å². The maximum absolute atomic E-state index is 13.7. The van der Waals surface area contributed by atoms with Crippen LogP contribution in [0.4, 0.5) is 0 Å². The van der Waals surface area contributed by atoms with Crippen molar-refractivity contribution in [2.75, 3.05) is 20.3 Å². The Kier molecular flexibility index (Phi) is 5.11. The lowest BCUT2D eigenvalue weighted by molar-refractivity contribution is 0.0632. The van der Waals surface area contributed by atoms with Crippen LogP contribution in [-0.2, 0) is 16.0 Å². The van der Waals surface area contributed by atoms with Crippen LogP contribution in [0.5, 0.6) is 0 Å². The molecule has 0 unspecified atom stereocenters. The number of ether oxygens (including phenoxy) is 2. The van der Waals surface area contributed by atoms with Gasteiger partial charge >= 0.3 is 5.69 Å². The van der Waals surface area contributed by atoms with Gasteiger partial charge in [0.05, 0.1) is 24.8 Å². The molecule has 0 radical (unpaired) electrons. The average molecular weight is 446 g/mol. The zero-order valence-electron chi connectivity index (χ0n) is 18.7. The molecule has 1 aliphatic heterocycles. The number of rotatable bonds is 5. The summed E-state index contributed by atoms with van der Waals surface area (Å²) < 4.78 is 14.9. The maximum Gasteiger partial charge on any atom is 0.334 e. The molecular formula is C25H27N5O3. The second kappa shape index (κ2) is 8.28. The highest BCUT2D eigenvalue weighted by molar-refractivity contribution is 5.85. The number of nitrogens with zero attached hydrogens (tertiary/aromatic N) is 4. The third kappa shape index (κ3) is 3.50. The van der Waals surface area contributed by atoms with E-state index in [1.807, 2.05) is 33.8 Å². The van der Waals surface area contributed by atoms with Crippen molar-refractivity contribution < 1.29 is 9.47 Å². The molecule has 2 aliphatic rings. The molecule has 0 saturated carbocycles.